The average Bonchev–Trinajstić information content (AvgIpc) is 3.20. The van der Waals surface area contributed by atoms with Crippen LogP contribution in [0.2, 0.25) is 0 Å². The Morgan fingerprint density at radius 2 is 1.81 bits per heavy atom. The normalized spacial score (nSPS) is 13.6. The van der Waals surface area contributed by atoms with E-state index in [1.54, 1.807) is 0 Å². The first kappa shape index (κ1) is 26.6. The molecule has 0 aliphatic carbocycles. The molecule has 13 heteroatoms. The van der Waals surface area contributed by atoms with E-state index in [4.69, 9.17) is 16.6 Å². The van der Waals surface area contributed by atoms with Crippen LogP contribution in [0, 0.1) is 5.92 Å². The van der Waals surface area contributed by atoms with Gasteiger partial charge in [0.05, 0.1) is 18.9 Å². The van der Waals surface area contributed by atoms with Crippen LogP contribution in [0.4, 0.5) is 0 Å². The molecule has 0 bridgehead atoms. The summed E-state index contributed by atoms with van der Waals surface area (Å²) in [5.74, 6) is -3.89. The second kappa shape index (κ2) is 13.0. The summed E-state index contributed by atoms with van der Waals surface area (Å²) in [5, 5.41) is 16.3. The Hall–Kier alpha value is -3.48. The van der Waals surface area contributed by atoms with Gasteiger partial charge in [0.15, 0.2) is 0 Å². The summed E-state index contributed by atoms with van der Waals surface area (Å²) in [6.45, 7) is 3.21. The Morgan fingerprint density at radius 3 is 2.34 bits per heavy atom. The molecule has 32 heavy (non-hydrogen) atoms. The number of carboxylic acids is 1. The van der Waals surface area contributed by atoms with E-state index in [0.29, 0.717) is 12.1 Å². The van der Waals surface area contributed by atoms with Crippen LogP contribution in [-0.2, 0) is 30.4 Å². The zero-order valence-electron chi connectivity index (χ0n) is 18.1. The Morgan fingerprint density at radius 1 is 1.12 bits per heavy atom. The quantitative estimate of drug-likeness (QED) is 0.163. The first-order valence-corrected chi connectivity index (χ1v) is 10.1. The summed E-state index contributed by atoms with van der Waals surface area (Å²) in [6, 6.07) is -3.17. The summed E-state index contributed by atoms with van der Waals surface area (Å²) in [6.07, 6.45) is 3.11. The molecule has 0 saturated carbocycles. The van der Waals surface area contributed by atoms with Gasteiger partial charge in [0, 0.05) is 24.7 Å². The van der Waals surface area contributed by atoms with Crippen LogP contribution >= 0.6 is 0 Å². The molecule has 9 N–H and O–H groups in total. The number of aromatic amines is 1. The highest BCUT2D eigenvalue weighted by Gasteiger charge is 2.26. The van der Waals surface area contributed by atoms with Crippen molar-refractivity contribution in [1.82, 2.24) is 25.9 Å². The summed E-state index contributed by atoms with van der Waals surface area (Å²) in [5.41, 5.74) is 11.6. The number of carboxylic acid groups (broad SMARTS) is 1. The number of nitrogens with one attached hydrogen (secondary N) is 4. The van der Waals surface area contributed by atoms with E-state index in [-0.39, 0.29) is 25.2 Å². The van der Waals surface area contributed by atoms with Crippen LogP contribution in [0.3, 0.4) is 0 Å². The van der Waals surface area contributed by atoms with Crippen LogP contribution in [-0.4, -0.2) is 69.3 Å². The standard InChI is InChI=1S/C19H31N7O6/c1-10(2)5-14(26-17(29)12(20)6-11-7-22-9-24-11)18(30)23-8-16(28)25-13(19(31)32)3-4-15(21)27/h7,9-10,12-14H,3-6,8,20H2,1-2H3,(H2,21,27)(H,22,24)(H,23,30)(H,25,28)(H,26,29)(H,31,32). The van der Waals surface area contributed by atoms with E-state index >= 15 is 0 Å². The van der Waals surface area contributed by atoms with Gasteiger partial charge in [-0.1, -0.05) is 13.8 Å². The lowest BCUT2D eigenvalue weighted by atomic mass is 10.0. The molecule has 3 atom stereocenters. The lowest BCUT2D eigenvalue weighted by Crippen LogP contribution is -2.54. The van der Waals surface area contributed by atoms with Crippen molar-refractivity contribution in [2.24, 2.45) is 17.4 Å². The third-order valence-electron chi connectivity index (χ3n) is 4.41. The van der Waals surface area contributed by atoms with Crippen molar-refractivity contribution in [3.05, 3.63) is 18.2 Å². The lowest BCUT2D eigenvalue weighted by molar-refractivity contribution is -0.142. The van der Waals surface area contributed by atoms with Crippen molar-refractivity contribution >= 4 is 29.6 Å². The zero-order valence-corrected chi connectivity index (χ0v) is 18.1. The van der Waals surface area contributed by atoms with Crippen LogP contribution in [0.15, 0.2) is 12.5 Å². The number of rotatable bonds is 14. The van der Waals surface area contributed by atoms with Gasteiger partial charge in [-0.15, -0.1) is 0 Å². The molecule has 1 rings (SSSR count). The molecule has 0 aliphatic rings. The SMILES string of the molecule is CC(C)CC(NC(=O)C(N)Cc1cnc[nH]1)C(=O)NCC(=O)NC(CCC(N)=O)C(=O)O. The average molecular weight is 454 g/mol. The van der Waals surface area contributed by atoms with Gasteiger partial charge in [0.25, 0.3) is 0 Å². The summed E-state index contributed by atoms with van der Waals surface area (Å²) in [4.78, 5) is 65.7. The van der Waals surface area contributed by atoms with E-state index in [1.807, 2.05) is 13.8 Å². The summed E-state index contributed by atoms with van der Waals surface area (Å²) < 4.78 is 0. The first-order chi connectivity index (χ1) is 15.0. The Labute approximate surface area is 185 Å². The van der Waals surface area contributed by atoms with Gasteiger partial charge < -0.3 is 37.5 Å². The van der Waals surface area contributed by atoms with Crippen molar-refractivity contribution in [2.75, 3.05) is 6.54 Å². The maximum atomic E-state index is 12.6. The molecule has 1 aromatic rings. The molecule has 178 valence electrons. The Balaban J connectivity index is 2.62. The number of amides is 4. The van der Waals surface area contributed by atoms with Crippen molar-refractivity contribution in [1.29, 1.82) is 0 Å². The van der Waals surface area contributed by atoms with Crippen molar-refractivity contribution in [3.8, 4) is 0 Å². The molecule has 0 aromatic carbocycles. The molecule has 4 amide bonds. The number of nitrogens with two attached hydrogens (primary N) is 2. The minimum absolute atomic E-state index is 0.0499. The monoisotopic (exact) mass is 453 g/mol. The lowest BCUT2D eigenvalue weighted by Gasteiger charge is -2.22. The highest BCUT2D eigenvalue weighted by molar-refractivity contribution is 5.92. The molecule has 1 heterocycles. The molecule has 0 fully saturated rings. The predicted molar refractivity (Wildman–Crippen MR) is 113 cm³/mol. The Kier molecular flexibility index (Phi) is 10.8. The number of hydrogen-bond acceptors (Lipinski definition) is 7. The zero-order chi connectivity index (χ0) is 24.3. The van der Waals surface area contributed by atoms with Crippen LogP contribution in [0.5, 0.6) is 0 Å². The van der Waals surface area contributed by atoms with Crippen molar-refractivity contribution in [3.63, 3.8) is 0 Å². The fraction of sp³-hybridized carbons (Fsp3) is 0.579. The molecule has 0 aliphatic heterocycles. The highest BCUT2D eigenvalue weighted by Crippen LogP contribution is 2.06. The third kappa shape index (κ3) is 10.0. The second-order valence-corrected chi connectivity index (χ2v) is 7.76. The number of H-pyrrole nitrogens is 1. The molecule has 3 unspecified atom stereocenters. The van der Waals surface area contributed by atoms with Gasteiger partial charge in [-0.25, -0.2) is 9.78 Å². The van der Waals surface area contributed by atoms with E-state index in [9.17, 15) is 24.0 Å². The molecular formula is C19H31N7O6. The van der Waals surface area contributed by atoms with E-state index < -0.39 is 54.3 Å². The molecule has 0 saturated heterocycles. The van der Waals surface area contributed by atoms with E-state index in [0.717, 1.165) is 0 Å². The van der Waals surface area contributed by atoms with Gasteiger partial charge in [-0.05, 0) is 18.8 Å². The number of hydrogen-bond donors (Lipinski definition) is 7. The summed E-state index contributed by atoms with van der Waals surface area (Å²) in [7, 11) is 0. The van der Waals surface area contributed by atoms with Crippen LogP contribution < -0.4 is 27.4 Å². The smallest absolute Gasteiger partial charge is 0.326 e. The van der Waals surface area contributed by atoms with Crippen molar-refractivity contribution in [2.45, 2.75) is 57.7 Å². The van der Waals surface area contributed by atoms with Gasteiger partial charge >= 0.3 is 5.97 Å². The van der Waals surface area contributed by atoms with Gasteiger partial charge in [-0.2, -0.15) is 0 Å². The number of nitrogens with zero attached hydrogens (tertiary/aromatic N) is 1. The van der Waals surface area contributed by atoms with Crippen LogP contribution in [0.25, 0.3) is 0 Å². The minimum atomic E-state index is -1.33. The number of aromatic nitrogens is 2. The number of carbonyl (C=O) groups is 5. The number of primary amides is 1. The maximum Gasteiger partial charge on any atom is 0.326 e. The predicted octanol–water partition coefficient (Wildman–Crippen LogP) is -2.24. The fourth-order valence-electron chi connectivity index (χ4n) is 2.79. The molecule has 13 nitrogen and oxygen atoms in total. The number of imidazole rings is 1. The van der Waals surface area contributed by atoms with E-state index in [2.05, 4.69) is 25.9 Å². The first-order valence-electron chi connectivity index (χ1n) is 10.1. The van der Waals surface area contributed by atoms with Crippen LogP contribution in [0.1, 0.15) is 38.8 Å². The molecular weight excluding hydrogens is 422 g/mol. The maximum absolute atomic E-state index is 12.6. The largest absolute Gasteiger partial charge is 0.480 e. The topological polar surface area (TPSA) is 222 Å². The van der Waals surface area contributed by atoms with Gasteiger partial charge in [0.1, 0.15) is 12.1 Å². The third-order valence-corrected chi connectivity index (χ3v) is 4.41. The number of aliphatic carboxylic acids is 1. The second-order valence-electron chi connectivity index (χ2n) is 7.76. The highest BCUT2D eigenvalue weighted by atomic mass is 16.4. The van der Waals surface area contributed by atoms with Gasteiger partial charge in [-0.3, -0.25) is 19.2 Å². The fourth-order valence-corrected chi connectivity index (χ4v) is 2.79. The van der Waals surface area contributed by atoms with Gasteiger partial charge in [0.2, 0.25) is 23.6 Å². The van der Waals surface area contributed by atoms with E-state index in [1.165, 1.54) is 12.5 Å². The molecule has 1 aromatic heterocycles. The molecule has 0 radical (unpaired) electrons. The number of carbonyl (C=O) groups excluding carboxylic acids is 4. The van der Waals surface area contributed by atoms with Crippen molar-refractivity contribution < 1.29 is 29.1 Å². The summed E-state index contributed by atoms with van der Waals surface area (Å²) >= 11 is 0. The minimum Gasteiger partial charge on any atom is -0.480 e. The molecule has 0 spiro atoms. The Bertz CT molecular complexity index is 796.